The molecule has 1 aliphatic rings. The average molecular weight is 459 g/mol. The largest absolute Gasteiger partial charge is 0.349 e. The number of amides is 1. The molecule has 31 heavy (non-hydrogen) atoms. The van der Waals surface area contributed by atoms with Gasteiger partial charge in [-0.3, -0.25) is 4.79 Å². The molecule has 0 unspecified atom stereocenters. The van der Waals surface area contributed by atoms with Crippen LogP contribution in [0.25, 0.3) is 5.69 Å². The van der Waals surface area contributed by atoms with E-state index in [4.69, 9.17) is 11.6 Å². The summed E-state index contributed by atoms with van der Waals surface area (Å²) in [7, 11) is -3.70. The summed E-state index contributed by atoms with van der Waals surface area (Å²) < 4.78 is 29.0. The van der Waals surface area contributed by atoms with E-state index in [1.54, 1.807) is 12.1 Å². The van der Waals surface area contributed by atoms with Gasteiger partial charge in [0, 0.05) is 29.4 Å². The van der Waals surface area contributed by atoms with Crippen molar-refractivity contribution in [1.29, 1.82) is 0 Å². The highest BCUT2D eigenvalue weighted by Crippen LogP contribution is 2.28. The fraction of sp³-hybridized carbons (Fsp3) is 0.273. The van der Waals surface area contributed by atoms with Gasteiger partial charge in [0.1, 0.15) is 0 Å². The molecular weight excluding hydrogens is 436 g/mol. The number of nitrogens with zero attached hydrogens (tertiary/aromatic N) is 2. The molecule has 1 aromatic heterocycles. The number of hydrogen-bond acceptors (Lipinski definition) is 4. The average Bonchev–Trinajstić information content (AvgIpc) is 3.35. The molecule has 1 amide bonds. The smallest absolute Gasteiger partial charge is 0.272 e. The van der Waals surface area contributed by atoms with Crippen LogP contribution in [0.4, 0.5) is 0 Å². The van der Waals surface area contributed by atoms with Crippen molar-refractivity contribution in [3.05, 3.63) is 76.1 Å². The molecule has 2 N–H and O–H groups in total. The number of aromatic nitrogens is 2. The lowest BCUT2D eigenvalue weighted by atomic mass is 10.2. The van der Waals surface area contributed by atoms with Crippen molar-refractivity contribution in [3.63, 3.8) is 0 Å². The van der Waals surface area contributed by atoms with E-state index in [1.807, 2.05) is 35.9 Å². The van der Waals surface area contributed by atoms with Crippen LogP contribution in [0.2, 0.25) is 5.02 Å². The number of carbonyl (C=O) groups is 1. The number of rotatable bonds is 7. The lowest BCUT2D eigenvalue weighted by Gasteiger charge is -2.08. The van der Waals surface area contributed by atoms with E-state index in [0.717, 1.165) is 41.8 Å². The first-order valence-electron chi connectivity index (χ1n) is 10.1. The molecule has 0 atom stereocenters. The molecule has 1 aliphatic carbocycles. The summed E-state index contributed by atoms with van der Waals surface area (Å²) in [6.45, 7) is 2.23. The quantitative estimate of drug-likeness (QED) is 0.532. The van der Waals surface area contributed by atoms with Crippen molar-refractivity contribution in [1.82, 2.24) is 19.8 Å². The standard InChI is InChI=1S/C22H23ClN4O3S/c1-15-8-10-17(11-9-15)27-20-7-3-6-19(20)21(26-27)22(28)24-12-13-25-31(29,30)18-5-2-4-16(23)14-18/h2,4-5,8-11,14,25H,3,6-7,12-13H2,1H3,(H,24,28). The van der Waals surface area contributed by atoms with Gasteiger partial charge in [-0.2, -0.15) is 5.10 Å². The van der Waals surface area contributed by atoms with E-state index in [2.05, 4.69) is 15.1 Å². The normalized spacial score (nSPS) is 13.2. The summed E-state index contributed by atoms with van der Waals surface area (Å²) in [5.41, 5.74) is 4.53. The summed E-state index contributed by atoms with van der Waals surface area (Å²) in [4.78, 5) is 12.8. The topological polar surface area (TPSA) is 93.1 Å². The zero-order valence-electron chi connectivity index (χ0n) is 17.1. The third kappa shape index (κ3) is 4.66. The van der Waals surface area contributed by atoms with Crippen LogP contribution in [0, 0.1) is 6.92 Å². The minimum absolute atomic E-state index is 0.0570. The highest BCUT2D eigenvalue weighted by atomic mass is 35.5. The number of sulfonamides is 1. The number of fused-ring (bicyclic) bond motifs is 1. The maximum atomic E-state index is 12.8. The summed E-state index contributed by atoms with van der Waals surface area (Å²) in [5, 5.41) is 7.68. The van der Waals surface area contributed by atoms with Gasteiger partial charge in [0.15, 0.2) is 5.69 Å². The summed E-state index contributed by atoms with van der Waals surface area (Å²) >= 11 is 5.86. The fourth-order valence-corrected chi connectivity index (χ4v) is 5.01. The molecule has 3 aromatic rings. The second-order valence-electron chi connectivity index (χ2n) is 7.49. The van der Waals surface area contributed by atoms with Crippen molar-refractivity contribution in [2.45, 2.75) is 31.1 Å². The summed E-state index contributed by atoms with van der Waals surface area (Å²) in [6, 6.07) is 14.0. The van der Waals surface area contributed by atoms with Crippen LogP contribution in [-0.2, 0) is 22.9 Å². The van der Waals surface area contributed by atoms with Crippen molar-refractivity contribution in [2.75, 3.05) is 13.1 Å². The second kappa shape index (κ2) is 8.82. The third-order valence-corrected chi connectivity index (χ3v) is 6.93. The van der Waals surface area contributed by atoms with Gasteiger partial charge in [-0.25, -0.2) is 17.8 Å². The lowest BCUT2D eigenvalue weighted by molar-refractivity contribution is 0.0948. The first-order valence-corrected chi connectivity index (χ1v) is 11.9. The van der Waals surface area contributed by atoms with Crippen LogP contribution in [0.1, 0.15) is 33.7 Å². The van der Waals surface area contributed by atoms with E-state index in [1.165, 1.54) is 12.1 Å². The van der Waals surface area contributed by atoms with Gasteiger partial charge in [0.05, 0.1) is 10.6 Å². The van der Waals surface area contributed by atoms with Crippen molar-refractivity contribution in [2.24, 2.45) is 0 Å². The van der Waals surface area contributed by atoms with Crippen LogP contribution in [0.5, 0.6) is 0 Å². The molecule has 1 heterocycles. The Balaban J connectivity index is 1.41. The van der Waals surface area contributed by atoms with Gasteiger partial charge in [-0.05, 0) is 56.5 Å². The Morgan fingerprint density at radius 1 is 1.13 bits per heavy atom. The zero-order valence-corrected chi connectivity index (χ0v) is 18.6. The summed E-state index contributed by atoms with van der Waals surface area (Å²) in [5.74, 6) is -0.300. The van der Waals surface area contributed by atoms with Crippen molar-refractivity contribution < 1.29 is 13.2 Å². The first kappa shape index (κ1) is 21.5. The van der Waals surface area contributed by atoms with Gasteiger partial charge >= 0.3 is 0 Å². The molecule has 0 bridgehead atoms. The molecule has 0 fully saturated rings. The van der Waals surface area contributed by atoms with E-state index in [9.17, 15) is 13.2 Å². The minimum Gasteiger partial charge on any atom is -0.349 e. The van der Waals surface area contributed by atoms with E-state index in [0.29, 0.717) is 10.7 Å². The highest BCUT2D eigenvalue weighted by Gasteiger charge is 2.26. The molecule has 9 heteroatoms. The lowest BCUT2D eigenvalue weighted by Crippen LogP contribution is -2.35. The Kier molecular flexibility index (Phi) is 6.13. The van der Waals surface area contributed by atoms with E-state index in [-0.39, 0.29) is 23.9 Å². The minimum atomic E-state index is -3.70. The van der Waals surface area contributed by atoms with Gasteiger partial charge in [0.2, 0.25) is 10.0 Å². The predicted octanol–water partition coefficient (Wildman–Crippen LogP) is 3.03. The van der Waals surface area contributed by atoms with Crippen LogP contribution >= 0.6 is 11.6 Å². The zero-order chi connectivity index (χ0) is 22.0. The molecule has 0 spiro atoms. The van der Waals surface area contributed by atoms with Crippen LogP contribution < -0.4 is 10.0 Å². The Bertz CT molecular complexity index is 1220. The molecular formula is C22H23ClN4O3S. The van der Waals surface area contributed by atoms with E-state index < -0.39 is 10.0 Å². The monoisotopic (exact) mass is 458 g/mol. The van der Waals surface area contributed by atoms with Crippen molar-refractivity contribution >= 4 is 27.5 Å². The highest BCUT2D eigenvalue weighted by molar-refractivity contribution is 7.89. The maximum Gasteiger partial charge on any atom is 0.272 e. The number of benzene rings is 2. The Hall–Kier alpha value is -2.68. The fourth-order valence-electron chi connectivity index (χ4n) is 3.68. The molecule has 162 valence electrons. The molecule has 0 aliphatic heterocycles. The van der Waals surface area contributed by atoms with Crippen LogP contribution in [0.15, 0.2) is 53.4 Å². The maximum absolute atomic E-state index is 12.8. The van der Waals surface area contributed by atoms with Crippen LogP contribution in [0.3, 0.4) is 0 Å². The van der Waals surface area contributed by atoms with Gasteiger partial charge < -0.3 is 5.32 Å². The third-order valence-electron chi connectivity index (χ3n) is 5.23. The van der Waals surface area contributed by atoms with Crippen LogP contribution in [-0.4, -0.2) is 37.2 Å². The molecule has 0 saturated heterocycles. The number of carbonyl (C=O) groups excluding carboxylic acids is 1. The molecule has 0 radical (unpaired) electrons. The number of hydrogen-bond donors (Lipinski definition) is 2. The van der Waals surface area contributed by atoms with Crippen molar-refractivity contribution in [3.8, 4) is 5.69 Å². The first-order chi connectivity index (χ1) is 14.8. The number of nitrogens with one attached hydrogen (secondary N) is 2. The molecule has 7 nitrogen and oxygen atoms in total. The molecule has 4 rings (SSSR count). The number of halogens is 1. The summed E-state index contributed by atoms with van der Waals surface area (Å²) in [6.07, 6.45) is 2.67. The molecule has 2 aromatic carbocycles. The van der Waals surface area contributed by atoms with E-state index >= 15 is 0 Å². The van der Waals surface area contributed by atoms with Gasteiger partial charge in [-0.1, -0.05) is 35.4 Å². The number of aryl methyl sites for hydroxylation is 1. The Labute approximate surface area is 186 Å². The Morgan fingerprint density at radius 3 is 2.65 bits per heavy atom. The molecule has 0 saturated carbocycles. The SMILES string of the molecule is Cc1ccc(-n2nc(C(=O)NCCNS(=O)(=O)c3cccc(Cl)c3)c3c2CCC3)cc1. The van der Waals surface area contributed by atoms with Gasteiger partial charge in [0.25, 0.3) is 5.91 Å². The second-order valence-corrected chi connectivity index (χ2v) is 9.69. The van der Waals surface area contributed by atoms with Gasteiger partial charge in [-0.15, -0.1) is 0 Å². The predicted molar refractivity (Wildman–Crippen MR) is 119 cm³/mol. The Morgan fingerprint density at radius 2 is 1.90 bits per heavy atom.